The first-order valence-corrected chi connectivity index (χ1v) is 5.06. The third-order valence-corrected chi connectivity index (χ3v) is 2.18. The van der Waals surface area contributed by atoms with E-state index in [1.165, 1.54) is 0 Å². The van der Waals surface area contributed by atoms with Gasteiger partial charge in [-0.25, -0.2) is 0 Å². The number of rotatable bonds is 4. The third kappa shape index (κ3) is 2.38. The van der Waals surface area contributed by atoms with Gasteiger partial charge in [-0.05, 0) is 31.3 Å². The number of nitrogens with zero attached hydrogens (tertiary/aromatic N) is 2. The SMILES string of the molecule is CNCCc1noc(-c2ccc(O)cc2)n1. The minimum Gasteiger partial charge on any atom is -0.508 e. The van der Waals surface area contributed by atoms with Crippen molar-refractivity contribution in [2.45, 2.75) is 6.42 Å². The summed E-state index contributed by atoms with van der Waals surface area (Å²) in [6.45, 7) is 0.814. The number of phenols is 1. The average Bonchev–Trinajstić information content (AvgIpc) is 2.76. The van der Waals surface area contributed by atoms with Crippen LogP contribution in [0.4, 0.5) is 0 Å². The van der Waals surface area contributed by atoms with E-state index in [-0.39, 0.29) is 5.75 Å². The van der Waals surface area contributed by atoms with E-state index >= 15 is 0 Å². The highest BCUT2D eigenvalue weighted by molar-refractivity contribution is 5.53. The summed E-state index contributed by atoms with van der Waals surface area (Å²) < 4.78 is 5.12. The number of hydrogen-bond donors (Lipinski definition) is 2. The second kappa shape index (κ2) is 4.76. The van der Waals surface area contributed by atoms with Crippen molar-refractivity contribution < 1.29 is 9.63 Å². The quantitative estimate of drug-likeness (QED) is 0.808. The van der Waals surface area contributed by atoms with E-state index in [4.69, 9.17) is 9.63 Å². The van der Waals surface area contributed by atoms with Crippen LogP contribution < -0.4 is 5.32 Å². The van der Waals surface area contributed by atoms with E-state index < -0.39 is 0 Å². The van der Waals surface area contributed by atoms with Crippen molar-refractivity contribution in [3.63, 3.8) is 0 Å². The van der Waals surface area contributed by atoms with Gasteiger partial charge in [-0.2, -0.15) is 4.98 Å². The van der Waals surface area contributed by atoms with Crippen molar-refractivity contribution in [2.24, 2.45) is 0 Å². The number of nitrogens with one attached hydrogen (secondary N) is 1. The first-order valence-electron chi connectivity index (χ1n) is 5.06. The molecule has 0 bridgehead atoms. The molecule has 0 amide bonds. The van der Waals surface area contributed by atoms with E-state index in [2.05, 4.69) is 15.5 Å². The van der Waals surface area contributed by atoms with E-state index in [9.17, 15) is 0 Å². The van der Waals surface area contributed by atoms with Crippen LogP contribution in [0, 0.1) is 0 Å². The van der Waals surface area contributed by atoms with Crippen LogP contribution in [0.1, 0.15) is 5.82 Å². The van der Waals surface area contributed by atoms with Gasteiger partial charge >= 0.3 is 0 Å². The van der Waals surface area contributed by atoms with E-state index in [1.54, 1.807) is 24.3 Å². The molecule has 5 heteroatoms. The van der Waals surface area contributed by atoms with Crippen LogP contribution in [-0.2, 0) is 6.42 Å². The Labute approximate surface area is 93.1 Å². The fraction of sp³-hybridized carbons (Fsp3) is 0.273. The van der Waals surface area contributed by atoms with Crippen LogP contribution in [0.3, 0.4) is 0 Å². The molecule has 0 spiro atoms. The van der Waals surface area contributed by atoms with Gasteiger partial charge in [-0.15, -0.1) is 0 Å². The maximum Gasteiger partial charge on any atom is 0.257 e. The summed E-state index contributed by atoms with van der Waals surface area (Å²) in [5.74, 6) is 1.38. The Morgan fingerprint density at radius 3 is 2.75 bits per heavy atom. The Hall–Kier alpha value is -1.88. The smallest absolute Gasteiger partial charge is 0.257 e. The zero-order valence-corrected chi connectivity index (χ0v) is 8.97. The van der Waals surface area contributed by atoms with Crippen LogP contribution in [0.15, 0.2) is 28.8 Å². The first-order chi connectivity index (χ1) is 7.79. The highest BCUT2D eigenvalue weighted by atomic mass is 16.5. The van der Waals surface area contributed by atoms with Gasteiger partial charge in [0, 0.05) is 18.5 Å². The lowest BCUT2D eigenvalue weighted by atomic mass is 10.2. The molecule has 2 N–H and O–H groups in total. The highest BCUT2D eigenvalue weighted by Gasteiger charge is 2.07. The molecule has 0 atom stereocenters. The molecular formula is C11H13N3O2. The molecule has 16 heavy (non-hydrogen) atoms. The Morgan fingerprint density at radius 2 is 2.06 bits per heavy atom. The number of benzene rings is 1. The second-order valence-corrected chi connectivity index (χ2v) is 3.42. The molecule has 0 radical (unpaired) electrons. The molecular weight excluding hydrogens is 206 g/mol. The van der Waals surface area contributed by atoms with E-state index in [0.29, 0.717) is 11.7 Å². The highest BCUT2D eigenvalue weighted by Crippen LogP contribution is 2.19. The topological polar surface area (TPSA) is 71.2 Å². The van der Waals surface area contributed by atoms with E-state index in [1.807, 2.05) is 7.05 Å². The zero-order chi connectivity index (χ0) is 11.4. The molecule has 2 rings (SSSR count). The lowest BCUT2D eigenvalue weighted by Crippen LogP contribution is -2.10. The summed E-state index contributed by atoms with van der Waals surface area (Å²) in [5.41, 5.74) is 0.806. The van der Waals surface area contributed by atoms with Crippen molar-refractivity contribution in [1.29, 1.82) is 0 Å². The van der Waals surface area contributed by atoms with Crippen molar-refractivity contribution in [2.75, 3.05) is 13.6 Å². The molecule has 1 aromatic heterocycles. The Balaban J connectivity index is 2.15. The minimum atomic E-state index is 0.221. The molecule has 1 aromatic carbocycles. The number of hydrogen-bond acceptors (Lipinski definition) is 5. The number of aromatic nitrogens is 2. The van der Waals surface area contributed by atoms with Crippen LogP contribution in [0.25, 0.3) is 11.5 Å². The molecule has 0 fully saturated rings. The summed E-state index contributed by atoms with van der Waals surface area (Å²) in [4.78, 5) is 4.25. The molecule has 5 nitrogen and oxygen atoms in total. The average molecular weight is 219 g/mol. The first kappa shape index (κ1) is 10.6. The maximum atomic E-state index is 9.15. The van der Waals surface area contributed by atoms with Gasteiger partial charge in [0.1, 0.15) is 5.75 Å². The monoisotopic (exact) mass is 219 g/mol. The molecule has 1 heterocycles. The van der Waals surface area contributed by atoms with Gasteiger partial charge in [-0.1, -0.05) is 5.16 Å². The van der Waals surface area contributed by atoms with Crippen molar-refractivity contribution in [1.82, 2.24) is 15.5 Å². The molecule has 2 aromatic rings. The molecule has 0 aliphatic heterocycles. The van der Waals surface area contributed by atoms with Gasteiger partial charge in [0.15, 0.2) is 5.82 Å². The van der Waals surface area contributed by atoms with E-state index in [0.717, 1.165) is 18.5 Å². The lowest BCUT2D eigenvalue weighted by molar-refractivity contribution is 0.422. The molecule has 0 saturated carbocycles. The van der Waals surface area contributed by atoms with Crippen LogP contribution in [0.2, 0.25) is 0 Å². The summed E-state index contributed by atoms with van der Waals surface area (Å²) >= 11 is 0. The van der Waals surface area contributed by atoms with Crippen LogP contribution >= 0.6 is 0 Å². The summed E-state index contributed by atoms with van der Waals surface area (Å²) in [5, 5.41) is 16.0. The second-order valence-electron chi connectivity index (χ2n) is 3.42. The Bertz CT molecular complexity index is 451. The standard InChI is InChI=1S/C11H13N3O2/c1-12-7-6-10-13-11(16-14-10)8-2-4-9(15)5-3-8/h2-5,12,15H,6-7H2,1H3. The maximum absolute atomic E-state index is 9.15. The molecule has 0 saturated heterocycles. The van der Waals surface area contributed by atoms with Gasteiger partial charge in [0.25, 0.3) is 5.89 Å². The predicted molar refractivity (Wildman–Crippen MR) is 59.0 cm³/mol. The molecule has 84 valence electrons. The third-order valence-electron chi connectivity index (χ3n) is 2.18. The van der Waals surface area contributed by atoms with Crippen molar-refractivity contribution >= 4 is 0 Å². The Kier molecular flexibility index (Phi) is 3.16. The van der Waals surface area contributed by atoms with Gasteiger partial charge in [0.05, 0.1) is 0 Å². The largest absolute Gasteiger partial charge is 0.508 e. The number of phenolic OH excluding ortho intramolecular Hbond substituents is 1. The minimum absolute atomic E-state index is 0.221. The normalized spacial score (nSPS) is 10.6. The predicted octanol–water partition coefficient (Wildman–Crippen LogP) is 1.20. The van der Waals surface area contributed by atoms with Gasteiger partial charge in [-0.3, -0.25) is 0 Å². The fourth-order valence-electron chi connectivity index (χ4n) is 1.31. The van der Waals surface area contributed by atoms with Crippen molar-refractivity contribution in [3.05, 3.63) is 30.1 Å². The lowest BCUT2D eigenvalue weighted by Gasteiger charge is -1.94. The van der Waals surface area contributed by atoms with Crippen molar-refractivity contribution in [3.8, 4) is 17.2 Å². The summed E-state index contributed by atoms with van der Waals surface area (Å²) in [7, 11) is 1.88. The molecule has 0 unspecified atom stereocenters. The molecule has 0 aliphatic carbocycles. The fourth-order valence-corrected chi connectivity index (χ4v) is 1.31. The zero-order valence-electron chi connectivity index (χ0n) is 8.97. The van der Waals surface area contributed by atoms with Crippen LogP contribution in [0.5, 0.6) is 5.75 Å². The molecule has 0 aliphatic rings. The summed E-state index contributed by atoms with van der Waals surface area (Å²) in [6.07, 6.45) is 0.734. The number of aromatic hydroxyl groups is 1. The summed E-state index contributed by atoms with van der Waals surface area (Å²) in [6, 6.07) is 6.66. The van der Waals surface area contributed by atoms with Gasteiger partial charge < -0.3 is 14.9 Å². The number of likely N-dealkylation sites (N-methyl/N-ethyl adjacent to an activating group) is 1. The van der Waals surface area contributed by atoms with Crippen LogP contribution in [-0.4, -0.2) is 28.8 Å². The Morgan fingerprint density at radius 1 is 1.31 bits per heavy atom. The van der Waals surface area contributed by atoms with Gasteiger partial charge in [0.2, 0.25) is 0 Å².